The first-order chi connectivity index (χ1) is 10.4. The zero-order chi connectivity index (χ0) is 16.3. The third kappa shape index (κ3) is 3.77. The van der Waals surface area contributed by atoms with E-state index in [9.17, 15) is 4.79 Å². The number of halogens is 1. The number of benzene rings is 1. The summed E-state index contributed by atoms with van der Waals surface area (Å²) in [4.78, 5) is 14.3. The maximum atomic E-state index is 12.5. The molecule has 122 valence electrons. The number of hydrogen-bond acceptors (Lipinski definition) is 3. The first-order valence-corrected chi connectivity index (χ1v) is 7.79. The van der Waals surface area contributed by atoms with Gasteiger partial charge in [-0.15, -0.1) is 0 Å². The molecule has 1 heterocycles. The minimum Gasteiger partial charge on any atom is -0.495 e. The number of ether oxygens (including phenoxy) is 2. The lowest BCUT2D eigenvalue weighted by Gasteiger charge is -2.35. The van der Waals surface area contributed by atoms with E-state index in [0.29, 0.717) is 34.0 Å². The first-order valence-electron chi connectivity index (χ1n) is 7.42. The van der Waals surface area contributed by atoms with E-state index in [1.54, 1.807) is 19.2 Å². The highest BCUT2D eigenvalue weighted by atomic mass is 35.5. The maximum absolute atomic E-state index is 12.5. The molecule has 0 unspecified atom stereocenters. The van der Waals surface area contributed by atoms with E-state index in [4.69, 9.17) is 21.1 Å². The Labute approximate surface area is 136 Å². The lowest BCUT2D eigenvalue weighted by molar-refractivity contribution is 0.156. The zero-order valence-electron chi connectivity index (χ0n) is 13.5. The fourth-order valence-electron chi connectivity index (χ4n) is 2.98. The highest BCUT2D eigenvalue weighted by Gasteiger charge is 2.26. The van der Waals surface area contributed by atoms with Gasteiger partial charge in [-0.25, -0.2) is 4.79 Å². The number of methoxy groups -OCH3 is 2. The number of urea groups is 1. The summed E-state index contributed by atoms with van der Waals surface area (Å²) in [5.74, 6) is 2.03. The van der Waals surface area contributed by atoms with Crippen molar-refractivity contribution in [2.45, 2.75) is 20.3 Å². The van der Waals surface area contributed by atoms with Gasteiger partial charge in [0.15, 0.2) is 0 Å². The van der Waals surface area contributed by atoms with Crippen molar-refractivity contribution in [3.8, 4) is 11.5 Å². The summed E-state index contributed by atoms with van der Waals surface area (Å²) in [6.45, 7) is 5.87. The molecule has 0 saturated carbocycles. The third-order valence-corrected chi connectivity index (χ3v) is 4.17. The van der Waals surface area contributed by atoms with Crippen molar-refractivity contribution in [1.29, 1.82) is 0 Å². The molecule has 2 amide bonds. The molecular weight excluding hydrogens is 304 g/mol. The van der Waals surface area contributed by atoms with Crippen LogP contribution in [0, 0.1) is 11.8 Å². The number of carbonyl (C=O) groups is 1. The molecule has 2 rings (SSSR count). The molecule has 5 nitrogen and oxygen atoms in total. The van der Waals surface area contributed by atoms with Crippen molar-refractivity contribution >= 4 is 23.3 Å². The second kappa shape index (κ2) is 7.09. The lowest BCUT2D eigenvalue weighted by Crippen LogP contribution is -2.44. The predicted molar refractivity (Wildman–Crippen MR) is 88.1 cm³/mol. The molecular formula is C16H23ClN2O3. The van der Waals surface area contributed by atoms with Crippen LogP contribution in [-0.2, 0) is 0 Å². The molecule has 6 heteroatoms. The molecule has 2 atom stereocenters. The van der Waals surface area contributed by atoms with Gasteiger partial charge in [0, 0.05) is 25.2 Å². The van der Waals surface area contributed by atoms with E-state index in [1.807, 2.05) is 4.90 Å². The number of hydrogen-bond donors (Lipinski definition) is 1. The van der Waals surface area contributed by atoms with Crippen molar-refractivity contribution in [3.05, 3.63) is 17.2 Å². The fraction of sp³-hybridized carbons (Fsp3) is 0.562. The molecule has 1 aliphatic rings. The van der Waals surface area contributed by atoms with E-state index < -0.39 is 0 Å². The van der Waals surface area contributed by atoms with Crippen LogP contribution in [0.2, 0.25) is 5.02 Å². The Balaban J connectivity index is 2.17. The topological polar surface area (TPSA) is 50.8 Å². The monoisotopic (exact) mass is 326 g/mol. The summed E-state index contributed by atoms with van der Waals surface area (Å²) in [6, 6.07) is 3.19. The van der Waals surface area contributed by atoms with Gasteiger partial charge >= 0.3 is 6.03 Å². The number of carbonyl (C=O) groups excluding carboxylic acids is 1. The standard InChI is InChI=1S/C16H23ClN2O3/c1-10-5-11(2)9-19(8-10)16(20)18-13-7-14(21-3)12(17)6-15(13)22-4/h6-7,10-11H,5,8-9H2,1-4H3,(H,18,20)/t10-,11-/m0/s1. The molecule has 1 N–H and O–H groups in total. The Morgan fingerprint density at radius 3 is 2.32 bits per heavy atom. The van der Waals surface area contributed by atoms with E-state index in [0.717, 1.165) is 19.5 Å². The summed E-state index contributed by atoms with van der Waals surface area (Å²) in [7, 11) is 3.08. The van der Waals surface area contributed by atoms with Crippen LogP contribution in [0.15, 0.2) is 12.1 Å². The van der Waals surface area contributed by atoms with Gasteiger partial charge in [0.25, 0.3) is 0 Å². The van der Waals surface area contributed by atoms with Crippen LogP contribution in [-0.4, -0.2) is 38.2 Å². The first kappa shape index (κ1) is 16.7. The van der Waals surface area contributed by atoms with E-state index in [-0.39, 0.29) is 6.03 Å². The molecule has 1 aliphatic heterocycles. The molecule has 0 bridgehead atoms. The Morgan fingerprint density at radius 1 is 1.18 bits per heavy atom. The zero-order valence-corrected chi connectivity index (χ0v) is 14.2. The largest absolute Gasteiger partial charge is 0.495 e. The molecule has 1 saturated heterocycles. The molecule has 1 fully saturated rings. The van der Waals surface area contributed by atoms with E-state index in [2.05, 4.69) is 19.2 Å². The molecule has 0 spiro atoms. The summed E-state index contributed by atoms with van der Waals surface area (Å²) in [5, 5.41) is 3.34. The lowest BCUT2D eigenvalue weighted by atomic mass is 9.92. The normalized spacial score (nSPS) is 21.4. The molecule has 0 aromatic heterocycles. The Bertz CT molecular complexity index is 540. The van der Waals surface area contributed by atoms with Crippen molar-refractivity contribution < 1.29 is 14.3 Å². The molecule has 22 heavy (non-hydrogen) atoms. The van der Waals surface area contributed by atoms with Crippen LogP contribution < -0.4 is 14.8 Å². The highest BCUT2D eigenvalue weighted by molar-refractivity contribution is 6.32. The van der Waals surface area contributed by atoms with E-state index >= 15 is 0 Å². The summed E-state index contributed by atoms with van der Waals surface area (Å²) in [5.41, 5.74) is 0.555. The second-order valence-electron chi connectivity index (χ2n) is 5.97. The number of nitrogens with one attached hydrogen (secondary N) is 1. The molecule has 1 aromatic carbocycles. The Kier molecular flexibility index (Phi) is 5.40. The van der Waals surface area contributed by atoms with Gasteiger partial charge in [0.2, 0.25) is 0 Å². The van der Waals surface area contributed by atoms with Gasteiger partial charge in [0.05, 0.1) is 24.9 Å². The van der Waals surface area contributed by atoms with Crippen molar-refractivity contribution in [2.24, 2.45) is 11.8 Å². The van der Waals surface area contributed by atoms with Gasteiger partial charge in [-0.2, -0.15) is 0 Å². The Morgan fingerprint density at radius 2 is 1.77 bits per heavy atom. The van der Waals surface area contributed by atoms with Gasteiger partial charge < -0.3 is 19.7 Å². The minimum atomic E-state index is -0.124. The van der Waals surface area contributed by atoms with E-state index in [1.165, 1.54) is 7.11 Å². The Hall–Kier alpha value is -1.62. The van der Waals surface area contributed by atoms with Gasteiger partial charge in [-0.1, -0.05) is 25.4 Å². The number of rotatable bonds is 3. The van der Waals surface area contributed by atoms with Crippen molar-refractivity contribution in [1.82, 2.24) is 4.90 Å². The van der Waals surface area contributed by atoms with Crippen LogP contribution in [0.3, 0.4) is 0 Å². The summed E-state index contributed by atoms with van der Waals surface area (Å²) >= 11 is 6.08. The number of piperidine rings is 1. The van der Waals surface area contributed by atoms with Crippen LogP contribution in [0.25, 0.3) is 0 Å². The molecule has 0 radical (unpaired) electrons. The van der Waals surface area contributed by atoms with Gasteiger partial charge in [-0.05, 0) is 18.3 Å². The van der Waals surface area contributed by atoms with Crippen LogP contribution in [0.5, 0.6) is 11.5 Å². The molecule has 1 aromatic rings. The van der Waals surface area contributed by atoms with Crippen molar-refractivity contribution in [2.75, 3.05) is 32.6 Å². The number of nitrogens with zero attached hydrogens (tertiary/aromatic N) is 1. The average Bonchev–Trinajstić information content (AvgIpc) is 2.47. The third-order valence-electron chi connectivity index (χ3n) is 3.87. The smallest absolute Gasteiger partial charge is 0.321 e. The maximum Gasteiger partial charge on any atom is 0.321 e. The molecule has 0 aliphatic carbocycles. The minimum absolute atomic E-state index is 0.124. The average molecular weight is 327 g/mol. The van der Waals surface area contributed by atoms with Gasteiger partial charge in [0.1, 0.15) is 11.5 Å². The SMILES string of the molecule is COc1cc(NC(=O)N2C[C@@H](C)C[C@H](C)C2)c(OC)cc1Cl. The summed E-state index contributed by atoms with van der Waals surface area (Å²) in [6.07, 6.45) is 1.15. The predicted octanol–water partition coefficient (Wildman–Crippen LogP) is 3.87. The van der Waals surface area contributed by atoms with Crippen LogP contribution >= 0.6 is 11.6 Å². The van der Waals surface area contributed by atoms with Crippen LogP contribution in [0.1, 0.15) is 20.3 Å². The highest BCUT2D eigenvalue weighted by Crippen LogP contribution is 2.36. The van der Waals surface area contributed by atoms with Crippen LogP contribution in [0.4, 0.5) is 10.5 Å². The number of likely N-dealkylation sites (tertiary alicyclic amines) is 1. The quantitative estimate of drug-likeness (QED) is 0.917. The number of amides is 2. The number of anilines is 1. The second-order valence-corrected chi connectivity index (χ2v) is 6.38. The van der Waals surface area contributed by atoms with Gasteiger partial charge in [-0.3, -0.25) is 0 Å². The summed E-state index contributed by atoms with van der Waals surface area (Å²) < 4.78 is 10.5. The fourth-order valence-corrected chi connectivity index (χ4v) is 3.21. The van der Waals surface area contributed by atoms with Crippen molar-refractivity contribution in [3.63, 3.8) is 0 Å².